The zero-order valence-electron chi connectivity index (χ0n) is 17.6. The van der Waals surface area contributed by atoms with Crippen LogP contribution in [0.1, 0.15) is 31.1 Å². The van der Waals surface area contributed by atoms with Gasteiger partial charge >= 0.3 is 39.0 Å². The van der Waals surface area contributed by atoms with E-state index >= 15 is 0 Å². The van der Waals surface area contributed by atoms with E-state index in [4.69, 9.17) is 15.3 Å². The van der Waals surface area contributed by atoms with E-state index in [0.717, 1.165) is 0 Å². The van der Waals surface area contributed by atoms with E-state index in [-0.39, 0.29) is 37.8 Å². The Morgan fingerprint density at radius 2 is 0.794 bits per heavy atom. The number of benzene rings is 3. The maximum Gasteiger partial charge on any atom is 4.00 e. The standard InChI is InChI=1S/3C7H6O3.C3H5.Mo/c3*8-6-4-2-1-3-5(6)7(9)10;1-3-2;/h3*1-4,8H,(H,9,10);3H,1-2H2;/q;;;-1;+4/p-3. The Morgan fingerprint density at radius 1 is 0.618 bits per heavy atom. The van der Waals surface area contributed by atoms with Gasteiger partial charge in [0.05, 0.1) is 16.7 Å². The summed E-state index contributed by atoms with van der Waals surface area (Å²) < 4.78 is 0. The summed E-state index contributed by atoms with van der Waals surface area (Å²) in [6, 6.07) is 16.6. The maximum absolute atomic E-state index is 10.7. The number of rotatable bonds is 3. The van der Waals surface area contributed by atoms with Gasteiger partial charge in [0, 0.05) is 0 Å². The van der Waals surface area contributed by atoms with Gasteiger partial charge < -0.3 is 30.6 Å². The van der Waals surface area contributed by atoms with Gasteiger partial charge in [0.15, 0.2) is 0 Å². The van der Waals surface area contributed by atoms with Gasteiger partial charge in [-0.25, -0.2) is 34.0 Å². The second kappa shape index (κ2) is 17.3. The van der Waals surface area contributed by atoms with Crippen LogP contribution >= 0.6 is 0 Å². The number of carboxylic acids is 3. The first-order valence-electron chi connectivity index (χ1n) is 8.94. The second-order valence-electron chi connectivity index (χ2n) is 5.69. The first kappa shape index (κ1) is 32.0. The molecule has 0 aliphatic carbocycles. The van der Waals surface area contributed by atoms with Crippen molar-refractivity contribution in [2.24, 2.45) is 0 Å². The third kappa shape index (κ3) is 12.0. The minimum Gasteiger partial charge on any atom is -0.872 e. The fraction of sp³-hybridized carbons (Fsp3) is 0. The molecule has 0 aliphatic rings. The fourth-order valence-electron chi connectivity index (χ4n) is 1.93. The minimum atomic E-state index is -1.18. The molecule has 0 heterocycles. The largest absolute Gasteiger partial charge is 4.00 e. The number of carbonyl (C=O) groups is 3. The molecule has 0 atom stereocenters. The van der Waals surface area contributed by atoms with Gasteiger partial charge in [0.25, 0.3) is 0 Å². The van der Waals surface area contributed by atoms with E-state index in [9.17, 15) is 29.7 Å². The third-order valence-corrected chi connectivity index (χ3v) is 3.35. The average Bonchev–Trinajstić information content (AvgIpc) is 2.75. The third-order valence-electron chi connectivity index (χ3n) is 3.35. The molecular weight excluding hydrogens is 528 g/mol. The first-order chi connectivity index (χ1) is 15.6. The van der Waals surface area contributed by atoms with Crippen molar-refractivity contribution < 1.29 is 66.1 Å². The Kier molecular flexibility index (Phi) is 16.3. The van der Waals surface area contributed by atoms with Crippen LogP contribution in [0.25, 0.3) is 0 Å². The molecule has 176 valence electrons. The Bertz CT molecular complexity index is 949. The van der Waals surface area contributed by atoms with Crippen molar-refractivity contribution >= 4 is 17.9 Å². The van der Waals surface area contributed by atoms with Crippen LogP contribution in [0.3, 0.4) is 0 Å². The van der Waals surface area contributed by atoms with Crippen molar-refractivity contribution in [3.63, 3.8) is 0 Å². The average molecular weight is 548 g/mol. The van der Waals surface area contributed by atoms with Gasteiger partial charge in [0.1, 0.15) is 0 Å². The zero-order valence-corrected chi connectivity index (χ0v) is 19.6. The summed E-state index contributed by atoms with van der Waals surface area (Å²) in [5.41, 5.74) is -0.535. The summed E-state index contributed by atoms with van der Waals surface area (Å²) >= 11 is 0. The van der Waals surface area contributed by atoms with Crippen LogP contribution in [0.2, 0.25) is 0 Å². The molecule has 3 aromatic carbocycles. The van der Waals surface area contributed by atoms with Crippen LogP contribution in [0, 0.1) is 6.92 Å². The molecule has 0 radical (unpaired) electrons. The van der Waals surface area contributed by atoms with E-state index in [1.54, 1.807) is 0 Å². The van der Waals surface area contributed by atoms with Crippen LogP contribution < -0.4 is 15.3 Å². The zero-order chi connectivity index (χ0) is 25.4. The topological polar surface area (TPSA) is 181 Å². The Balaban J connectivity index is 0. The number of allylic oxidation sites excluding steroid dienone is 1. The smallest absolute Gasteiger partial charge is 0.872 e. The van der Waals surface area contributed by atoms with Crippen LogP contribution in [0.5, 0.6) is 17.2 Å². The van der Waals surface area contributed by atoms with Crippen molar-refractivity contribution in [1.29, 1.82) is 0 Å². The summed E-state index contributed by atoms with van der Waals surface area (Å²) in [5, 5.41) is 57.1. The number of carboxylic acid groups (broad SMARTS) is 3. The summed E-state index contributed by atoms with van der Waals surface area (Å²) in [6.07, 6.45) is 1.50. The summed E-state index contributed by atoms with van der Waals surface area (Å²) in [6.45, 7) is 6.50. The van der Waals surface area contributed by atoms with Gasteiger partial charge in [0.2, 0.25) is 0 Å². The van der Waals surface area contributed by atoms with Crippen LogP contribution in [0.4, 0.5) is 0 Å². The maximum atomic E-state index is 10.7. The van der Waals surface area contributed by atoms with E-state index < -0.39 is 35.2 Å². The van der Waals surface area contributed by atoms with Crippen molar-refractivity contribution in [1.82, 2.24) is 0 Å². The predicted molar refractivity (Wildman–Crippen MR) is 114 cm³/mol. The van der Waals surface area contributed by atoms with Crippen molar-refractivity contribution in [2.45, 2.75) is 0 Å². The van der Waals surface area contributed by atoms with E-state index in [0.29, 0.717) is 0 Å². The molecule has 10 heteroatoms. The van der Waals surface area contributed by atoms with Crippen LogP contribution in [-0.4, -0.2) is 33.2 Å². The van der Waals surface area contributed by atoms with Crippen molar-refractivity contribution in [2.75, 3.05) is 0 Å². The second-order valence-corrected chi connectivity index (χ2v) is 5.69. The molecule has 0 unspecified atom stereocenters. The molecule has 0 bridgehead atoms. The molecule has 0 aromatic heterocycles. The molecule has 0 aliphatic heterocycles. The Labute approximate surface area is 210 Å². The molecule has 3 rings (SSSR count). The SMILES string of the molecule is C=C[CH2-].O=C(O)c1ccccc1[O-].O=C(O)c1ccccc1[O-].O=C(O)c1ccccc1[O-].[Mo+4]. The van der Waals surface area contributed by atoms with Gasteiger partial charge in [-0.15, -0.1) is 0 Å². The van der Waals surface area contributed by atoms with Crippen LogP contribution in [0.15, 0.2) is 85.5 Å². The molecule has 0 saturated heterocycles. The van der Waals surface area contributed by atoms with E-state index in [1.165, 1.54) is 78.9 Å². The molecule has 0 spiro atoms. The normalized spacial score (nSPS) is 8.47. The van der Waals surface area contributed by atoms with Gasteiger partial charge in [-0.05, 0) is 18.2 Å². The number of hydrogen-bond donors (Lipinski definition) is 3. The molecule has 3 aromatic rings. The number of hydrogen-bond acceptors (Lipinski definition) is 6. The predicted octanol–water partition coefficient (Wildman–Crippen LogP) is 2.38. The Morgan fingerprint density at radius 3 is 0.912 bits per heavy atom. The number of aromatic carboxylic acids is 3. The Hall–Kier alpha value is -4.23. The molecule has 3 N–H and O–H groups in total. The summed E-state index contributed by atoms with van der Waals surface area (Å²) in [7, 11) is 0. The first-order valence-corrected chi connectivity index (χ1v) is 8.94. The monoisotopic (exact) mass is 550 g/mol. The molecule has 9 nitrogen and oxygen atoms in total. The number of para-hydroxylation sites is 3. The van der Waals surface area contributed by atoms with Gasteiger partial charge in [-0.1, -0.05) is 71.8 Å². The van der Waals surface area contributed by atoms with Crippen molar-refractivity contribution in [3.8, 4) is 17.2 Å². The molecular formula is C24H20MoO9. The fourth-order valence-corrected chi connectivity index (χ4v) is 1.93. The molecule has 0 saturated carbocycles. The molecule has 34 heavy (non-hydrogen) atoms. The molecule has 0 fully saturated rings. The van der Waals surface area contributed by atoms with Gasteiger partial charge in [-0.3, -0.25) is 0 Å². The van der Waals surface area contributed by atoms with E-state index in [1.807, 2.05) is 0 Å². The van der Waals surface area contributed by atoms with Crippen LogP contribution in [-0.2, 0) is 21.1 Å². The minimum absolute atomic E-state index is 0. The molecule has 0 amide bonds. The summed E-state index contributed by atoms with van der Waals surface area (Å²) in [5.74, 6) is -4.87. The summed E-state index contributed by atoms with van der Waals surface area (Å²) in [4.78, 5) is 30.7. The van der Waals surface area contributed by atoms with Gasteiger partial charge in [-0.2, -0.15) is 0 Å². The quantitative estimate of drug-likeness (QED) is 0.327. The van der Waals surface area contributed by atoms with E-state index in [2.05, 4.69) is 13.5 Å². The van der Waals surface area contributed by atoms with Crippen molar-refractivity contribution in [3.05, 3.63) is 109 Å².